The molecule has 0 radical (unpaired) electrons. The molecule has 4 heteroatoms. The molecule has 2 fully saturated rings. The molecular weight excluding hydrogens is 264 g/mol. The molecule has 1 aromatic carbocycles. The summed E-state index contributed by atoms with van der Waals surface area (Å²) >= 11 is 5.86. The molecule has 0 spiro atoms. The van der Waals surface area contributed by atoms with Gasteiger partial charge in [0, 0.05) is 10.9 Å². The molecule has 2 aliphatic rings. The Morgan fingerprint density at radius 3 is 2.26 bits per heavy atom. The molecular formula is C15H19ClO3. The van der Waals surface area contributed by atoms with Crippen LogP contribution in [0.1, 0.15) is 32.6 Å². The van der Waals surface area contributed by atoms with Crippen LogP contribution in [-0.4, -0.2) is 18.7 Å². The maximum Gasteiger partial charge on any atom is 0.166 e. The minimum atomic E-state index is -0.0203. The molecule has 1 saturated heterocycles. The summed E-state index contributed by atoms with van der Waals surface area (Å²) in [4.78, 5) is 0. The fourth-order valence-corrected chi connectivity index (χ4v) is 2.92. The predicted molar refractivity (Wildman–Crippen MR) is 73.2 cm³/mol. The zero-order valence-corrected chi connectivity index (χ0v) is 11.8. The first kappa shape index (κ1) is 13.2. The van der Waals surface area contributed by atoms with Crippen LogP contribution in [0.3, 0.4) is 0 Å². The number of rotatable bonds is 3. The predicted octanol–water partition coefficient (Wildman–Crippen LogP) is 4.00. The smallest absolute Gasteiger partial charge is 0.166 e. The first-order valence-electron chi connectivity index (χ1n) is 6.94. The molecule has 1 aliphatic heterocycles. The molecule has 0 unspecified atom stereocenters. The van der Waals surface area contributed by atoms with Crippen LogP contribution in [0.15, 0.2) is 24.3 Å². The van der Waals surface area contributed by atoms with Crippen LogP contribution in [0.25, 0.3) is 0 Å². The van der Waals surface area contributed by atoms with E-state index in [0.717, 1.165) is 36.5 Å². The molecule has 0 bridgehead atoms. The Morgan fingerprint density at radius 2 is 1.68 bits per heavy atom. The van der Waals surface area contributed by atoms with E-state index in [1.165, 1.54) is 0 Å². The second-order valence-corrected chi connectivity index (χ2v) is 5.75. The molecule has 1 saturated carbocycles. The lowest BCUT2D eigenvalue weighted by atomic mass is 9.86. The minimum Gasteiger partial charge on any atom is -0.490 e. The van der Waals surface area contributed by atoms with E-state index in [9.17, 15) is 0 Å². The van der Waals surface area contributed by atoms with E-state index in [0.29, 0.717) is 12.0 Å². The molecule has 1 aromatic rings. The molecule has 3 rings (SSSR count). The highest BCUT2D eigenvalue weighted by Crippen LogP contribution is 2.35. The monoisotopic (exact) mass is 282 g/mol. The summed E-state index contributed by atoms with van der Waals surface area (Å²) in [6.45, 7) is 1.94. The third-order valence-electron chi connectivity index (χ3n) is 3.87. The molecule has 0 N–H and O–H groups in total. The molecule has 0 atom stereocenters. The van der Waals surface area contributed by atoms with Gasteiger partial charge in [-0.15, -0.1) is 0 Å². The van der Waals surface area contributed by atoms with E-state index in [1.807, 2.05) is 31.2 Å². The summed E-state index contributed by atoms with van der Waals surface area (Å²) in [5.74, 6) is 1.43. The van der Waals surface area contributed by atoms with Crippen molar-refractivity contribution >= 4 is 11.6 Å². The van der Waals surface area contributed by atoms with Gasteiger partial charge in [0.25, 0.3) is 0 Å². The maximum absolute atomic E-state index is 5.97. The largest absolute Gasteiger partial charge is 0.490 e. The Kier molecular flexibility index (Phi) is 3.96. The number of halogens is 1. The number of ether oxygens (including phenoxy) is 3. The van der Waals surface area contributed by atoms with E-state index >= 15 is 0 Å². The van der Waals surface area contributed by atoms with Crippen molar-refractivity contribution in [2.75, 3.05) is 0 Å². The average molecular weight is 283 g/mol. The third kappa shape index (κ3) is 3.22. The van der Waals surface area contributed by atoms with Crippen molar-refractivity contribution in [1.82, 2.24) is 0 Å². The second kappa shape index (κ2) is 5.70. The second-order valence-electron chi connectivity index (χ2n) is 5.32. The quantitative estimate of drug-likeness (QED) is 0.839. The zero-order valence-electron chi connectivity index (χ0n) is 11.0. The van der Waals surface area contributed by atoms with Crippen molar-refractivity contribution in [3.8, 4) is 5.75 Å². The molecule has 3 nitrogen and oxygen atoms in total. The number of hydrogen-bond acceptors (Lipinski definition) is 3. The van der Waals surface area contributed by atoms with Gasteiger partial charge in [0.1, 0.15) is 5.75 Å². The molecule has 1 heterocycles. The first-order chi connectivity index (χ1) is 9.20. The highest BCUT2D eigenvalue weighted by molar-refractivity contribution is 6.30. The SMILES string of the molecule is CC1OC(C2CCC(Oc3ccc(Cl)cc3)CC2)O1. The standard InChI is InChI=1S/C15H19ClO3/c1-10-17-15(18-10)11-2-6-13(7-3-11)19-14-8-4-12(16)5-9-14/h4-5,8-11,13,15H,2-3,6-7H2,1H3. The van der Waals surface area contributed by atoms with Crippen LogP contribution >= 0.6 is 11.6 Å². The Labute approximate surface area is 118 Å². The van der Waals surface area contributed by atoms with Crippen molar-refractivity contribution in [2.24, 2.45) is 5.92 Å². The molecule has 0 aromatic heterocycles. The summed E-state index contributed by atoms with van der Waals surface area (Å²) in [5, 5.41) is 0.740. The summed E-state index contributed by atoms with van der Waals surface area (Å²) in [5.41, 5.74) is 0. The van der Waals surface area contributed by atoms with Gasteiger partial charge in [-0.05, 0) is 56.9 Å². The molecule has 1 aliphatic carbocycles. The van der Waals surface area contributed by atoms with Gasteiger partial charge in [0.2, 0.25) is 0 Å². The number of hydrogen-bond donors (Lipinski definition) is 0. The number of benzene rings is 1. The lowest BCUT2D eigenvalue weighted by Gasteiger charge is -2.41. The van der Waals surface area contributed by atoms with Crippen LogP contribution in [0, 0.1) is 5.92 Å². The van der Waals surface area contributed by atoms with E-state index in [1.54, 1.807) is 0 Å². The van der Waals surface area contributed by atoms with Crippen LogP contribution in [0.5, 0.6) is 5.75 Å². The Bertz CT molecular complexity index is 406. The zero-order chi connectivity index (χ0) is 13.2. The fourth-order valence-electron chi connectivity index (χ4n) is 2.79. The van der Waals surface area contributed by atoms with Crippen molar-refractivity contribution in [2.45, 2.75) is 51.3 Å². The van der Waals surface area contributed by atoms with Gasteiger partial charge in [-0.1, -0.05) is 11.6 Å². The first-order valence-corrected chi connectivity index (χ1v) is 7.31. The van der Waals surface area contributed by atoms with E-state index in [4.69, 9.17) is 25.8 Å². The van der Waals surface area contributed by atoms with E-state index < -0.39 is 0 Å². The highest BCUT2D eigenvalue weighted by atomic mass is 35.5. The van der Waals surface area contributed by atoms with Gasteiger partial charge < -0.3 is 14.2 Å². The Morgan fingerprint density at radius 1 is 1.05 bits per heavy atom. The van der Waals surface area contributed by atoms with Crippen LogP contribution in [0.4, 0.5) is 0 Å². The third-order valence-corrected chi connectivity index (χ3v) is 4.12. The lowest BCUT2D eigenvalue weighted by Crippen LogP contribution is -2.45. The van der Waals surface area contributed by atoms with Crippen molar-refractivity contribution in [3.05, 3.63) is 29.3 Å². The van der Waals surface area contributed by atoms with Crippen molar-refractivity contribution in [1.29, 1.82) is 0 Å². The Balaban J connectivity index is 1.46. The van der Waals surface area contributed by atoms with Gasteiger partial charge in [0.15, 0.2) is 12.6 Å². The minimum absolute atomic E-state index is 0.0199. The molecule has 0 amide bonds. The molecule has 19 heavy (non-hydrogen) atoms. The van der Waals surface area contributed by atoms with Gasteiger partial charge in [-0.2, -0.15) is 0 Å². The Hall–Kier alpha value is -0.770. The summed E-state index contributed by atoms with van der Waals surface area (Å²) in [7, 11) is 0. The van der Waals surface area contributed by atoms with E-state index in [-0.39, 0.29) is 12.6 Å². The normalized spacial score (nSPS) is 34.6. The summed E-state index contributed by atoms with van der Waals surface area (Å²) in [6, 6.07) is 7.57. The van der Waals surface area contributed by atoms with E-state index in [2.05, 4.69) is 0 Å². The fraction of sp³-hybridized carbons (Fsp3) is 0.600. The average Bonchev–Trinajstić information content (AvgIpc) is 2.39. The summed E-state index contributed by atoms with van der Waals surface area (Å²) in [6.07, 6.45) is 4.63. The van der Waals surface area contributed by atoms with Crippen LogP contribution in [-0.2, 0) is 9.47 Å². The van der Waals surface area contributed by atoms with Gasteiger partial charge in [0.05, 0.1) is 6.10 Å². The highest BCUT2D eigenvalue weighted by Gasteiger charge is 2.37. The van der Waals surface area contributed by atoms with Crippen molar-refractivity contribution in [3.63, 3.8) is 0 Å². The topological polar surface area (TPSA) is 27.7 Å². The van der Waals surface area contributed by atoms with Crippen LogP contribution < -0.4 is 4.74 Å². The lowest BCUT2D eigenvalue weighted by molar-refractivity contribution is -0.394. The summed E-state index contributed by atoms with van der Waals surface area (Å²) < 4.78 is 17.1. The van der Waals surface area contributed by atoms with Crippen LogP contribution in [0.2, 0.25) is 5.02 Å². The molecule has 104 valence electrons. The van der Waals surface area contributed by atoms with Crippen molar-refractivity contribution < 1.29 is 14.2 Å². The van der Waals surface area contributed by atoms with Gasteiger partial charge in [-0.25, -0.2) is 0 Å². The van der Waals surface area contributed by atoms with Gasteiger partial charge in [-0.3, -0.25) is 0 Å². The van der Waals surface area contributed by atoms with Gasteiger partial charge >= 0.3 is 0 Å². The maximum atomic E-state index is 5.97.